The minimum absolute atomic E-state index is 0.239. The number of nitrogens with two attached hydrogens (primary N) is 1. The molecule has 0 aliphatic rings. The molecule has 0 unspecified atom stereocenters. The van der Waals surface area contributed by atoms with Crippen molar-refractivity contribution in [1.29, 1.82) is 0 Å². The highest BCUT2D eigenvalue weighted by atomic mass is 16.2. The summed E-state index contributed by atoms with van der Waals surface area (Å²) in [4.78, 5) is 23.6. The summed E-state index contributed by atoms with van der Waals surface area (Å²) in [5.41, 5.74) is 7.74. The maximum absolute atomic E-state index is 12.2. The number of nitrogens with one attached hydrogen (secondary N) is 2. The Labute approximate surface area is 144 Å². The smallest absolute Gasteiger partial charge is 0.324 e. The molecule has 25 heavy (non-hydrogen) atoms. The molecule has 3 amide bonds. The number of aryl methyl sites for hydroxylation is 1. The fourth-order valence-corrected chi connectivity index (χ4v) is 2.48. The number of para-hydroxylation sites is 1. The van der Waals surface area contributed by atoms with Gasteiger partial charge in [-0.15, -0.1) is 0 Å². The Balaban J connectivity index is 1.75. The zero-order chi connectivity index (χ0) is 17.8. The molecule has 126 valence electrons. The van der Waals surface area contributed by atoms with E-state index < -0.39 is 11.9 Å². The maximum atomic E-state index is 12.2. The van der Waals surface area contributed by atoms with Crippen molar-refractivity contribution in [1.82, 2.24) is 9.78 Å². The van der Waals surface area contributed by atoms with Crippen LogP contribution in [0.15, 0.2) is 60.7 Å². The van der Waals surface area contributed by atoms with Crippen molar-refractivity contribution < 1.29 is 9.59 Å². The van der Waals surface area contributed by atoms with Crippen molar-refractivity contribution in [2.75, 3.05) is 10.6 Å². The molecule has 4 N–H and O–H groups in total. The number of benzene rings is 2. The van der Waals surface area contributed by atoms with Gasteiger partial charge in [-0.05, 0) is 17.7 Å². The van der Waals surface area contributed by atoms with E-state index in [0.29, 0.717) is 11.5 Å². The van der Waals surface area contributed by atoms with Crippen LogP contribution in [0.3, 0.4) is 0 Å². The Kier molecular flexibility index (Phi) is 4.47. The Morgan fingerprint density at radius 1 is 1.00 bits per heavy atom. The van der Waals surface area contributed by atoms with Gasteiger partial charge in [0, 0.05) is 13.1 Å². The van der Waals surface area contributed by atoms with Crippen LogP contribution in [0, 0.1) is 0 Å². The van der Waals surface area contributed by atoms with Crippen LogP contribution in [0.5, 0.6) is 0 Å². The van der Waals surface area contributed by atoms with Crippen molar-refractivity contribution in [2.45, 2.75) is 0 Å². The van der Waals surface area contributed by atoms with Gasteiger partial charge in [-0.1, -0.05) is 42.5 Å². The molecule has 1 heterocycles. The van der Waals surface area contributed by atoms with Crippen LogP contribution in [-0.2, 0) is 7.05 Å². The zero-order valence-electron chi connectivity index (χ0n) is 13.6. The van der Waals surface area contributed by atoms with E-state index in [0.717, 1.165) is 11.3 Å². The topological polar surface area (TPSA) is 102 Å². The molecule has 0 aliphatic carbocycles. The number of primary amides is 1. The number of hydrogen-bond donors (Lipinski definition) is 3. The van der Waals surface area contributed by atoms with Gasteiger partial charge in [0.15, 0.2) is 5.82 Å². The van der Waals surface area contributed by atoms with Crippen LogP contribution in [-0.4, -0.2) is 21.7 Å². The van der Waals surface area contributed by atoms with Crippen molar-refractivity contribution in [3.63, 3.8) is 0 Å². The van der Waals surface area contributed by atoms with E-state index in [4.69, 9.17) is 5.73 Å². The van der Waals surface area contributed by atoms with E-state index in [9.17, 15) is 9.59 Å². The van der Waals surface area contributed by atoms with E-state index >= 15 is 0 Å². The van der Waals surface area contributed by atoms with Gasteiger partial charge in [0.2, 0.25) is 0 Å². The second kappa shape index (κ2) is 6.88. The molecule has 3 rings (SSSR count). The van der Waals surface area contributed by atoms with Crippen molar-refractivity contribution in [3.8, 4) is 11.3 Å². The minimum Gasteiger partial charge on any atom is -0.366 e. The largest absolute Gasteiger partial charge is 0.366 e. The Morgan fingerprint density at radius 2 is 1.68 bits per heavy atom. The van der Waals surface area contributed by atoms with Crippen LogP contribution in [0.1, 0.15) is 10.4 Å². The third-order valence-electron chi connectivity index (χ3n) is 3.63. The number of nitrogens with zero attached hydrogens (tertiary/aromatic N) is 2. The number of carbonyl (C=O) groups excluding carboxylic acids is 2. The highest BCUT2D eigenvalue weighted by molar-refractivity contribution is 6.05. The predicted octanol–water partition coefficient (Wildman–Crippen LogP) is 2.83. The molecular formula is C18H17N5O2. The number of aromatic nitrogens is 2. The molecular weight excluding hydrogens is 318 g/mol. The normalized spacial score (nSPS) is 10.3. The summed E-state index contributed by atoms with van der Waals surface area (Å²) in [6.07, 6.45) is 0. The average molecular weight is 335 g/mol. The molecule has 0 saturated heterocycles. The highest BCUT2D eigenvalue weighted by Crippen LogP contribution is 2.22. The minimum atomic E-state index is -0.611. The fraction of sp³-hybridized carbons (Fsp3) is 0.0556. The number of anilines is 2. The van der Waals surface area contributed by atoms with E-state index in [1.54, 1.807) is 42.1 Å². The summed E-state index contributed by atoms with van der Waals surface area (Å²) < 4.78 is 1.68. The lowest BCUT2D eigenvalue weighted by Crippen LogP contribution is -2.22. The van der Waals surface area contributed by atoms with Crippen molar-refractivity contribution >= 4 is 23.4 Å². The summed E-state index contributed by atoms with van der Waals surface area (Å²) in [6, 6.07) is 17.5. The molecule has 3 aromatic rings. The number of rotatable bonds is 4. The van der Waals surface area contributed by atoms with E-state index in [1.807, 2.05) is 30.3 Å². The monoisotopic (exact) mass is 335 g/mol. The lowest BCUT2D eigenvalue weighted by atomic mass is 10.1. The van der Waals surface area contributed by atoms with Gasteiger partial charge < -0.3 is 11.1 Å². The molecule has 7 heteroatoms. The lowest BCUT2D eigenvalue weighted by Gasteiger charge is -2.08. The zero-order valence-corrected chi connectivity index (χ0v) is 13.6. The van der Waals surface area contributed by atoms with Crippen LogP contribution in [0.2, 0.25) is 0 Å². The third kappa shape index (κ3) is 3.66. The van der Waals surface area contributed by atoms with Gasteiger partial charge in [-0.2, -0.15) is 5.10 Å². The Morgan fingerprint density at radius 3 is 2.40 bits per heavy atom. The molecule has 0 fully saturated rings. The van der Waals surface area contributed by atoms with Gasteiger partial charge in [0.25, 0.3) is 5.91 Å². The predicted molar refractivity (Wildman–Crippen MR) is 96.2 cm³/mol. The maximum Gasteiger partial charge on any atom is 0.324 e. The second-order valence-corrected chi connectivity index (χ2v) is 5.39. The second-order valence-electron chi connectivity index (χ2n) is 5.39. The Bertz CT molecular complexity index is 918. The van der Waals surface area contributed by atoms with E-state index in [1.165, 1.54) is 0 Å². The Hall–Kier alpha value is -3.61. The summed E-state index contributed by atoms with van der Waals surface area (Å²) in [5.74, 6) is -0.212. The van der Waals surface area contributed by atoms with Crippen LogP contribution in [0.25, 0.3) is 11.3 Å². The summed E-state index contributed by atoms with van der Waals surface area (Å²) >= 11 is 0. The molecule has 0 saturated carbocycles. The summed E-state index contributed by atoms with van der Waals surface area (Å²) in [7, 11) is 1.80. The van der Waals surface area contributed by atoms with Gasteiger partial charge in [0.1, 0.15) is 0 Å². The molecule has 0 radical (unpaired) electrons. The average Bonchev–Trinajstić information content (AvgIpc) is 2.96. The molecule has 1 aromatic heterocycles. The van der Waals surface area contributed by atoms with Crippen LogP contribution < -0.4 is 16.4 Å². The number of carbonyl (C=O) groups is 2. The molecule has 7 nitrogen and oxygen atoms in total. The quantitative estimate of drug-likeness (QED) is 0.683. The first-order valence-electron chi connectivity index (χ1n) is 7.61. The first kappa shape index (κ1) is 16.3. The summed E-state index contributed by atoms with van der Waals surface area (Å²) in [5, 5.41) is 9.54. The SMILES string of the molecule is Cn1nc(NC(=O)Nc2ccccc2C(N)=O)cc1-c1ccccc1. The fourth-order valence-electron chi connectivity index (χ4n) is 2.48. The van der Waals surface area contributed by atoms with Gasteiger partial charge >= 0.3 is 6.03 Å². The molecule has 0 bridgehead atoms. The molecule has 0 spiro atoms. The lowest BCUT2D eigenvalue weighted by molar-refractivity contribution is 0.100. The standard InChI is InChI=1S/C18H17N5O2/c1-23-15(12-7-3-2-4-8-12)11-16(22-23)21-18(25)20-14-10-6-5-9-13(14)17(19)24/h2-11H,1H3,(H2,19,24)(H2,20,21,22,25). The first-order chi connectivity index (χ1) is 12.0. The molecule has 2 aromatic carbocycles. The number of hydrogen-bond acceptors (Lipinski definition) is 3. The van der Waals surface area contributed by atoms with E-state index in [2.05, 4.69) is 15.7 Å². The van der Waals surface area contributed by atoms with Crippen molar-refractivity contribution in [2.24, 2.45) is 12.8 Å². The summed E-state index contributed by atoms with van der Waals surface area (Å²) in [6.45, 7) is 0. The third-order valence-corrected chi connectivity index (χ3v) is 3.63. The van der Waals surface area contributed by atoms with Crippen LogP contribution >= 0.6 is 0 Å². The number of urea groups is 1. The highest BCUT2D eigenvalue weighted by Gasteiger charge is 2.13. The molecule has 0 aliphatic heterocycles. The number of amides is 3. The van der Waals surface area contributed by atoms with Gasteiger partial charge in [0.05, 0.1) is 16.9 Å². The van der Waals surface area contributed by atoms with E-state index in [-0.39, 0.29) is 5.56 Å². The van der Waals surface area contributed by atoms with Crippen LogP contribution in [0.4, 0.5) is 16.3 Å². The van der Waals surface area contributed by atoms with Gasteiger partial charge in [-0.3, -0.25) is 14.8 Å². The first-order valence-corrected chi connectivity index (χ1v) is 7.61. The molecule has 0 atom stereocenters. The van der Waals surface area contributed by atoms with Crippen molar-refractivity contribution in [3.05, 3.63) is 66.2 Å². The van der Waals surface area contributed by atoms with Gasteiger partial charge in [-0.25, -0.2) is 4.79 Å².